The van der Waals surface area contributed by atoms with Crippen LogP contribution in [0.5, 0.6) is 5.75 Å². The Bertz CT molecular complexity index is 818. The molecule has 0 N–H and O–H groups in total. The molecule has 2 aromatic rings. The van der Waals surface area contributed by atoms with Crippen LogP contribution in [0.2, 0.25) is 0 Å². The number of piperazine rings is 1. The van der Waals surface area contributed by atoms with Crippen molar-refractivity contribution >= 4 is 5.91 Å². The zero-order chi connectivity index (χ0) is 19.2. The Morgan fingerprint density at radius 1 is 1.15 bits per heavy atom. The van der Waals surface area contributed by atoms with Crippen LogP contribution in [-0.4, -0.2) is 48.0 Å². The van der Waals surface area contributed by atoms with Crippen LogP contribution in [0.3, 0.4) is 0 Å². The fourth-order valence-electron chi connectivity index (χ4n) is 3.27. The van der Waals surface area contributed by atoms with E-state index in [-0.39, 0.29) is 5.91 Å². The lowest BCUT2D eigenvalue weighted by Gasteiger charge is -2.35. The average Bonchev–Trinajstić information content (AvgIpc) is 2.68. The number of aryl methyl sites for hydroxylation is 1. The highest BCUT2D eigenvalue weighted by molar-refractivity contribution is 5.81. The summed E-state index contributed by atoms with van der Waals surface area (Å²) in [5.41, 5.74) is 2.98. The molecule has 0 aromatic heterocycles. The van der Waals surface area contributed by atoms with Gasteiger partial charge < -0.3 is 9.64 Å². The Labute approximate surface area is 160 Å². The first-order valence-electron chi connectivity index (χ1n) is 9.28. The van der Waals surface area contributed by atoms with Crippen molar-refractivity contribution in [3.63, 3.8) is 0 Å². The fourth-order valence-corrected chi connectivity index (χ4v) is 3.27. The number of nitriles is 1. The Balaban J connectivity index is 1.49. The van der Waals surface area contributed by atoms with E-state index in [4.69, 9.17) is 10.00 Å². The molecule has 0 saturated carbocycles. The van der Waals surface area contributed by atoms with E-state index in [1.54, 1.807) is 0 Å². The van der Waals surface area contributed by atoms with E-state index >= 15 is 0 Å². The van der Waals surface area contributed by atoms with Gasteiger partial charge in [-0.05, 0) is 49.2 Å². The number of carbonyl (C=O) groups is 1. The maximum Gasteiger partial charge on any atom is 0.263 e. The molecule has 5 nitrogen and oxygen atoms in total. The molecule has 1 fully saturated rings. The first kappa shape index (κ1) is 18.9. The largest absolute Gasteiger partial charge is 0.481 e. The van der Waals surface area contributed by atoms with Crippen molar-refractivity contribution in [1.29, 1.82) is 5.26 Å². The molecular weight excluding hydrogens is 338 g/mol. The third kappa shape index (κ3) is 5.08. The second kappa shape index (κ2) is 8.70. The van der Waals surface area contributed by atoms with Crippen LogP contribution in [0, 0.1) is 18.3 Å². The summed E-state index contributed by atoms with van der Waals surface area (Å²) in [5, 5.41) is 8.87. The number of ether oxygens (including phenoxy) is 1. The monoisotopic (exact) mass is 363 g/mol. The lowest BCUT2D eigenvalue weighted by Crippen LogP contribution is -2.51. The predicted octanol–water partition coefficient (Wildman–Crippen LogP) is 2.98. The summed E-state index contributed by atoms with van der Waals surface area (Å²) in [4.78, 5) is 16.9. The van der Waals surface area contributed by atoms with Crippen LogP contribution < -0.4 is 4.74 Å². The normalized spacial score (nSPS) is 15.8. The van der Waals surface area contributed by atoms with Gasteiger partial charge in [-0.15, -0.1) is 0 Å². The van der Waals surface area contributed by atoms with E-state index in [0.29, 0.717) is 18.7 Å². The van der Waals surface area contributed by atoms with E-state index in [2.05, 4.69) is 11.0 Å². The first-order valence-corrected chi connectivity index (χ1v) is 9.28. The molecule has 1 amide bonds. The third-order valence-electron chi connectivity index (χ3n) is 4.82. The molecule has 0 bridgehead atoms. The van der Waals surface area contributed by atoms with E-state index < -0.39 is 6.10 Å². The maximum absolute atomic E-state index is 12.7. The second-order valence-electron chi connectivity index (χ2n) is 6.99. The van der Waals surface area contributed by atoms with Crippen molar-refractivity contribution in [2.24, 2.45) is 0 Å². The van der Waals surface area contributed by atoms with Crippen LogP contribution in [0.25, 0.3) is 0 Å². The predicted molar refractivity (Wildman–Crippen MR) is 104 cm³/mol. The quantitative estimate of drug-likeness (QED) is 0.819. The Morgan fingerprint density at radius 2 is 1.85 bits per heavy atom. The molecule has 1 aliphatic heterocycles. The third-order valence-corrected chi connectivity index (χ3v) is 4.82. The molecule has 1 unspecified atom stereocenters. The van der Waals surface area contributed by atoms with Gasteiger partial charge in [-0.3, -0.25) is 9.69 Å². The molecule has 1 heterocycles. The van der Waals surface area contributed by atoms with Crippen LogP contribution in [0.15, 0.2) is 48.5 Å². The molecule has 5 heteroatoms. The molecule has 3 rings (SSSR count). The number of hydrogen-bond donors (Lipinski definition) is 0. The second-order valence-corrected chi connectivity index (χ2v) is 6.99. The van der Waals surface area contributed by atoms with Gasteiger partial charge in [0.2, 0.25) is 0 Å². The lowest BCUT2D eigenvalue weighted by molar-refractivity contribution is -0.139. The van der Waals surface area contributed by atoms with E-state index in [9.17, 15) is 4.79 Å². The minimum atomic E-state index is -0.489. The maximum atomic E-state index is 12.7. The smallest absolute Gasteiger partial charge is 0.263 e. The standard InChI is InChI=1S/C22H25N3O2/c1-17-4-3-5-21(14-17)27-18(2)22(26)25-12-10-24(11-13-25)16-20-8-6-19(15-23)7-9-20/h3-9,14,18H,10-13,16H2,1-2H3. The van der Waals surface area contributed by atoms with Crippen molar-refractivity contribution in [1.82, 2.24) is 9.80 Å². The van der Waals surface area contributed by atoms with Crippen molar-refractivity contribution in [2.45, 2.75) is 26.5 Å². The number of amides is 1. The van der Waals surface area contributed by atoms with Crippen molar-refractivity contribution in [2.75, 3.05) is 26.2 Å². The summed E-state index contributed by atoms with van der Waals surface area (Å²) < 4.78 is 5.82. The lowest BCUT2D eigenvalue weighted by atomic mass is 10.1. The Kier molecular flexibility index (Phi) is 6.10. The highest BCUT2D eigenvalue weighted by atomic mass is 16.5. The van der Waals surface area contributed by atoms with Crippen LogP contribution in [0.4, 0.5) is 0 Å². The number of carbonyl (C=O) groups excluding carboxylic acids is 1. The van der Waals surface area contributed by atoms with Crippen LogP contribution in [0.1, 0.15) is 23.6 Å². The first-order chi connectivity index (χ1) is 13.0. The molecule has 140 valence electrons. The Hall–Kier alpha value is -2.84. The SMILES string of the molecule is Cc1cccc(OC(C)C(=O)N2CCN(Cc3ccc(C#N)cc3)CC2)c1. The summed E-state index contributed by atoms with van der Waals surface area (Å²) in [7, 11) is 0. The minimum absolute atomic E-state index is 0.0366. The molecule has 2 aromatic carbocycles. The van der Waals surface area contributed by atoms with Crippen LogP contribution in [-0.2, 0) is 11.3 Å². The van der Waals surface area contributed by atoms with E-state index in [1.165, 1.54) is 5.56 Å². The zero-order valence-corrected chi connectivity index (χ0v) is 15.9. The average molecular weight is 363 g/mol. The van der Waals surface area contributed by atoms with Gasteiger partial charge in [0, 0.05) is 32.7 Å². The molecule has 1 aliphatic rings. The van der Waals surface area contributed by atoms with Gasteiger partial charge in [-0.25, -0.2) is 0 Å². The molecule has 1 saturated heterocycles. The highest BCUT2D eigenvalue weighted by Gasteiger charge is 2.26. The summed E-state index contributed by atoms with van der Waals surface area (Å²) in [6.45, 7) is 7.74. The molecule has 0 aliphatic carbocycles. The number of hydrogen-bond acceptors (Lipinski definition) is 4. The fraction of sp³-hybridized carbons (Fsp3) is 0.364. The van der Waals surface area contributed by atoms with Gasteiger partial charge in [-0.1, -0.05) is 24.3 Å². The molecule has 27 heavy (non-hydrogen) atoms. The van der Waals surface area contributed by atoms with Crippen molar-refractivity contribution < 1.29 is 9.53 Å². The van der Waals surface area contributed by atoms with Crippen LogP contribution >= 0.6 is 0 Å². The van der Waals surface area contributed by atoms with Gasteiger partial charge in [0.1, 0.15) is 5.75 Å². The van der Waals surface area contributed by atoms with Gasteiger partial charge in [0.05, 0.1) is 11.6 Å². The number of rotatable bonds is 5. The topological polar surface area (TPSA) is 56.6 Å². The Morgan fingerprint density at radius 3 is 2.48 bits per heavy atom. The zero-order valence-electron chi connectivity index (χ0n) is 15.9. The van der Waals surface area contributed by atoms with Gasteiger partial charge in [0.25, 0.3) is 5.91 Å². The molecule has 1 atom stereocenters. The summed E-state index contributed by atoms with van der Waals surface area (Å²) in [6.07, 6.45) is -0.489. The van der Waals surface area contributed by atoms with E-state index in [0.717, 1.165) is 30.9 Å². The summed E-state index contributed by atoms with van der Waals surface area (Å²) >= 11 is 0. The van der Waals surface area contributed by atoms with Crippen molar-refractivity contribution in [3.8, 4) is 11.8 Å². The van der Waals surface area contributed by atoms with Gasteiger partial charge >= 0.3 is 0 Å². The van der Waals surface area contributed by atoms with Gasteiger partial charge in [-0.2, -0.15) is 5.26 Å². The molecule has 0 spiro atoms. The highest BCUT2D eigenvalue weighted by Crippen LogP contribution is 2.16. The van der Waals surface area contributed by atoms with Crippen molar-refractivity contribution in [3.05, 3.63) is 65.2 Å². The molecular formula is C22H25N3O2. The minimum Gasteiger partial charge on any atom is -0.481 e. The summed E-state index contributed by atoms with van der Waals surface area (Å²) in [6, 6.07) is 17.6. The molecule has 0 radical (unpaired) electrons. The number of nitrogens with zero attached hydrogens (tertiary/aromatic N) is 3. The van der Waals surface area contributed by atoms with Gasteiger partial charge in [0.15, 0.2) is 6.10 Å². The summed E-state index contributed by atoms with van der Waals surface area (Å²) in [5.74, 6) is 0.768. The van der Waals surface area contributed by atoms with E-state index in [1.807, 2.05) is 67.3 Å². The number of benzene rings is 2.